The molecule has 0 saturated heterocycles. The monoisotopic (exact) mass is 161 g/mol. The average molecular weight is 161 g/mol. The summed E-state index contributed by atoms with van der Waals surface area (Å²) in [5, 5.41) is 0. The lowest BCUT2D eigenvalue weighted by atomic mass is 10.1. The fraction of sp³-hybridized carbons (Fsp3) is 0.100. The van der Waals surface area contributed by atoms with Crippen molar-refractivity contribution >= 4 is 12.2 Å². The SMILES string of the molecule is C=Cc1c(/C=C\C)cc[nH]c1=O. The molecule has 0 bridgehead atoms. The van der Waals surface area contributed by atoms with Crippen molar-refractivity contribution in [1.82, 2.24) is 4.98 Å². The molecule has 1 aromatic heterocycles. The molecule has 62 valence electrons. The molecule has 1 N–H and O–H groups in total. The molecule has 1 aromatic rings. The fourth-order valence-electron chi connectivity index (χ4n) is 1.04. The van der Waals surface area contributed by atoms with Crippen LogP contribution in [0.25, 0.3) is 12.2 Å². The molecule has 0 atom stereocenters. The second-order valence-corrected chi connectivity index (χ2v) is 2.38. The number of aromatic amines is 1. The standard InChI is InChI=1S/C10H11NO/c1-3-5-8-6-7-11-10(12)9(8)4-2/h3-7H,2H2,1H3,(H,11,12)/b5-3-. The van der Waals surface area contributed by atoms with E-state index in [2.05, 4.69) is 11.6 Å². The van der Waals surface area contributed by atoms with E-state index < -0.39 is 0 Å². The molecule has 0 amide bonds. The van der Waals surface area contributed by atoms with Crippen molar-refractivity contribution in [3.8, 4) is 0 Å². The largest absolute Gasteiger partial charge is 0.329 e. The second-order valence-electron chi connectivity index (χ2n) is 2.38. The van der Waals surface area contributed by atoms with E-state index in [4.69, 9.17) is 0 Å². The molecule has 0 spiro atoms. The third kappa shape index (κ3) is 1.53. The number of hydrogen-bond donors (Lipinski definition) is 1. The molecule has 0 unspecified atom stereocenters. The highest BCUT2D eigenvalue weighted by Crippen LogP contribution is 2.05. The number of aromatic nitrogens is 1. The molecule has 0 fully saturated rings. The lowest BCUT2D eigenvalue weighted by molar-refractivity contribution is 1.22. The minimum atomic E-state index is -0.0967. The summed E-state index contributed by atoms with van der Waals surface area (Å²) in [6, 6.07) is 1.85. The summed E-state index contributed by atoms with van der Waals surface area (Å²) in [6.45, 7) is 5.49. The Hall–Kier alpha value is -1.57. The summed E-state index contributed by atoms with van der Waals surface area (Å²) in [7, 11) is 0. The molecule has 2 nitrogen and oxygen atoms in total. The molecule has 2 heteroatoms. The maximum Gasteiger partial charge on any atom is 0.255 e. The highest BCUT2D eigenvalue weighted by atomic mass is 16.1. The zero-order valence-electron chi connectivity index (χ0n) is 7.00. The first-order valence-corrected chi connectivity index (χ1v) is 3.76. The topological polar surface area (TPSA) is 32.9 Å². The summed E-state index contributed by atoms with van der Waals surface area (Å²) in [5.41, 5.74) is 1.42. The van der Waals surface area contributed by atoms with Crippen LogP contribution in [0, 0.1) is 0 Å². The second kappa shape index (κ2) is 3.72. The molecular weight excluding hydrogens is 150 g/mol. The van der Waals surface area contributed by atoms with E-state index >= 15 is 0 Å². The van der Waals surface area contributed by atoms with Crippen molar-refractivity contribution in [1.29, 1.82) is 0 Å². The molecule has 1 rings (SSSR count). The smallest absolute Gasteiger partial charge is 0.255 e. The van der Waals surface area contributed by atoms with Crippen LogP contribution in [0.15, 0.2) is 29.7 Å². The van der Waals surface area contributed by atoms with Crippen LogP contribution in [-0.4, -0.2) is 4.98 Å². The molecule has 0 aliphatic carbocycles. The Morgan fingerprint density at radius 3 is 2.92 bits per heavy atom. The Morgan fingerprint density at radius 2 is 2.33 bits per heavy atom. The van der Waals surface area contributed by atoms with Crippen LogP contribution >= 0.6 is 0 Å². The summed E-state index contributed by atoms with van der Waals surface area (Å²) in [5.74, 6) is 0. The zero-order valence-corrected chi connectivity index (χ0v) is 7.00. The van der Waals surface area contributed by atoms with Gasteiger partial charge in [0, 0.05) is 11.8 Å². The lowest BCUT2D eigenvalue weighted by Gasteiger charge is -1.96. The molecule has 0 aliphatic rings. The van der Waals surface area contributed by atoms with Crippen molar-refractivity contribution in [2.45, 2.75) is 6.92 Å². The number of hydrogen-bond acceptors (Lipinski definition) is 1. The summed E-state index contributed by atoms with van der Waals surface area (Å²) < 4.78 is 0. The van der Waals surface area contributed by atoms with Gasteiger partial charge in [-0.3, -0.25) is 4.79 Å². The van der Waals surface area contributed by atoms with Crippen molar-refractivity contribution in [3.05, 3.63) is 46.4 Å². The normalized spacial score (nSPS) is 10.4. The lowest BCUT2D eigenvalue weighted by Crippen LogP contribution is -2.09. The molecule has 12 heavy (non-hydrogen) atoms. The van der Waals surface area contributed by atoms with Crippen molar-refractivity contribution in [2.75, 3.05) is 0 Å². The average Bonchev–Trinajstić information content (AvgIpc) is 2.05. The predicted molar refractivity (Wildman–Crippen MR) is 51.9 cm³/mol. The molecule has 0 radical (unpaired) electrons. The predicted octanol–water partition coefficient (Wildman–Crippen LogP) is 2.05. The van der Waals surface area contributed by atoms with Gasteiger partial charge in [-0.05, 0) is 18.6 Å². The van der Waals surface area contributed by atoms with Crippen LogP contribution in [0.1, 0.15) is 18.1 Å². The fourth-order valence-corrected chi connectivity index (χ4v) is 1.04. The summed E-state index contributed by atoms with van der Waals surface area (Å²) >= 11 is 0. The molecule has 1 heterocycles. The molecule has 0 aromatic carbocycles. The van der Waals surface area contributed by atoms with Crippen LogP contribution in [0.5, 0.6) is 0 Å². The van der Waals surface area contributed by atoms with Crippen molar-refractivity contribution in [3.63, 3.8) is 0 Å². The number of allylic oxidation sites excluding steroid dienone is 1. The zero-order chi connectivity index (χ0) is 8.97. The first kappa shape index (κ1) is 8.53. The third-order valence-electron chi connectivity index (χ3n) is 1.58. The van der Waals surface area contributed by atoms with Gasteiger partial charge in [0.1, 0.15) is 0 Å². The van der Waals surface area contributed by atoms with Gasteiger partial charge in [-0.1, -0.05) is 24.8 Å². The van der Waals surface area contributed by atoms with Gasteiger partial charge >= 0.3 is 0 Å². The molecular formula is C10H11NO. The van der Waals surface area contributed by atoms with Gasteiger partial charge in [0.15, 0.2) is 0 Å². The van der Waals surface area contributed by atoms with Crippen LogP contribution in [0.3, 0.4) is 0 Å². The number of pyridine rings is 1. The van der Waals surface area contributed by atoms with E-state index in [0.717, 1.165) is 5.56 Å². The van der Waals surface area contributed by atoms with Gasteiger partial charge in [0.25, 0.3) is 5.56 Å². The Balaban J connectivity index is 3.37. The van der Waals surface area contributed by atoms with Gasteiger partial charge < -0.3 is 4.98 Å². The van der Waals surface area contributed by atoms with E-state index in [0.29, 0.717) is 5.56 Å². The highest BCUT2D eigenvalue weighted by Gasteiger charge is 1.97. The first-order valence-electron chi connectivity index (χ1n) is 3.76. The maximum atomic E-state index is 11.2. The highest BCUT2D eigenvalue weighted by molar-refractivity contribution is 5.62. The van der Waals surface area contributed by atoms with E-state index in [1.807, 2.05) is 25.1 Å². The quantitative estimate of drug-likeness (QED) is 0.707. The van der Waals surface area contributed by atoms with E-state index in [1.165, 1.54) is 0 Å². The maximum absolute atomic E-state index is 11.2. The van der Waals surface area contributed by atoms with Crippen molar-refractivity contribution in [2.24, 2.45) is 0 Å². The Bertz CT molecular complexity index is 360. The number of nitrogens with one attached hydrogen (secondary N) is 1. The first-order chi connectivity index (χ1) is 5.79. The summed E-state index contributed by atoms with van der Waals surface area (Å²) in [6.07, 6.45) is 6.97. The van der Waals surface area contributed by atoms with Crippen molar-refractivity contribution < 1.29 is 0 Å². The molecule has 0 aliphatic heterocycles. The Morgan fingerprint density at radius 1 is 1.58 bits per heavy atom. The Kier molecular flexibility index (Phi) is 2.64. The van der Waals surface area contributed by atoms with Gasteiger partial charge in [0.2, 0.25) is 0 Å². The van der Waals surface area contributed by atoms with Gasteiger partial charge in [-0.25, -0.2) is 0 Å². The minimum Gasteiger partial charge on any atom is -0.329 e. The summed E-state index contributed by atoms with van der Waals surface area (Å²) in [4.78, 5) is 13.8. The van der Waals surface area contributed by atoms with Crippen LogP contribution < -0.4 is 5.56 Å². The number of rotatable bonds is 2. The third-order valence-corrected chi connectivity index (χ3v) is 1.58. The van der Waals surface area contributed by atoms with E-state index in [9.17, 15) is 4.79 Å². The molecule has 0 saturated carbocycles. The van der Waals surface area contributed by atoms with Gasteiger partial charge in [-0.15, -0.1) is 0 Å². The number of H-pyrrole nitrogens is 1. The van der Waals surface area contributed by atoms with Crippen LogP contribution in [0.4, 0.5) is 0 Å². The Labute approximate surface area is 71.3 Å². The van der Waals surface area contributed by atoms with Gasteiger partial charge in [-0.2, -0.15) is 0 Å². The minimum absolute atomic E-state index is 0.0967. The van der Waals surface area contributed by atoms with Gasteiger partial charge in [0.05, 0.1) is 0 Å². The van der Waals surface area contributed by atoms with Crippen LogP contribution in [0.2, 0.25) is 0 Å². The van der Waals surface area contributed by atoms with E-state index in [-0.39, 0.29) is 5.56 Å². The van der Waals surface area contributed by atoms with Crippen LogP contribution in [-0.2, 0) is 0 Å². The van der Waals surface area contributed by atoms with E-state index in [1.54, 1.807) is 12.3 Å².